The molecule has 0 saturated heterocycles. The van der Waals surface area contributed by atoms with Gasteiger partial charge in [-0.05, 0) is 58.5 Å². The highest BCUT2D eigenvalue weighted by Crippen LogP contribution is 2.36. The van der Waals surface area contributed by atoms with E-state index in [0.717, 1.165) is 40.1 Å². The van der Waals surface area contributed by atoms with Gasteiger partial charge < -0.3 is 19.5 Å². The minimum absolute atomic E-state index is 0.0297. The second kappa shape index (κ2) is 10.5. The highest BCUT2D eigenvalue weighted by atomic mass is 16.5. The Morgan fingerprint density at radius 1 is 0.875 bits per heavy atom. The van der Waals surface area contributed by atoms with Crippen LogP contribution in [0, 0.1) is 0 Å². The van der Waals surface area contributed by atoms with E-state index in [4.69, 9.17) is 4.74 Å². The molecule has 0 amide bonds. The van der Waals surface area contributed by atoms with Crippen molar-refractivity contribution in [3.8, 4) is 11.5 Å². The van der Waals surface area contributed by atoms with Crippen LogP contribution >= 0.6 is 0 Å². The van der Waals surface area contributed by atoms with Crippen LogP contribution in [0.5, 0.6) is 11.5 Å². The van der Waals surface area contributed by atoms with Crippen molar-refractivity contribution in [2.45, 2.75) is 13.0 Å². The molecular weight excluding hydrogens is 400 g/mol. The van der Waals surface area contributed by atoms with Gasteiger partial charge in [-0.1, -0.05) is 54.6 Å². The molecule has 4 rings (SSSR count). The fourth-order valence-electron chi connectivity index (χ4n) is 3.75. The number of hydrogen-bond acceptors (Lipinski definition) is 4. The Hall–Kier alpha value is -3.83. The Labute approximate surface area is 187 Å². The number of imidazole rings is 1. The molecule has 1 heterocycles. The van der Waals surface area contributed by atoms with Crippen LogP contribution in [0.25, 0.3) is 11.1 Å². The Morgan fingerprint density at radius 2 is 1.66 bits per heavy atom. The monoisotopic (exact) mass is 426 g/mol. The van der Waals surface area contributed by atoms with Crippen molar-refractivity contribution < 1.29 is 14.9 Å². The van der Waals surface area contributed by atoms with Crippen molar-refractivity contribution in [2.75, 3.05) is 13.2 Å². The van der Waals surface area contributed by atoms with Crippen LogP contribution in [0.15, 0.2) is 97.6 Å². The van der Waals surface area contributed by atoms with E-state index in [2.05, 4.69) is 4.98 Å². The SMILES string of the molecule is OCCC(=C(c1ccc(OCCn2ccnc2)cc1)c1cccc(O)c1)c1ccccc1. The van der Waals surface area contributed by atoms with E-state index in [1.54, 1.807) is 24.7 Å². The summed E-state index contributed by atoms with van der Waals surface area (Å²) < 4.78 is 7.86. The zero-order valence-electron chi connectivity index (χ0n) is 17.8. The number of phenols is 1. The first-order valence-corrected chi connectivity index (χ1v) is 10.6. The molecule has 0 aliphatic carbocycles. The van der Waals surface area contributed by atoms with Crippen molar-refractivity contribution in [2.24, 2.45) is 0 Å². The second-order valence-corrected chi connectivity index (χ2v) is 7.42. The smallest absolute Gasteiger partial charge is 0.119 e. The molecule has 0 spiro atoms. The quantitative estimate of drug-likeness (QED) is 0.369. The fourth-order valence-corrected chi connectivity index (χ4v) is 3.75. The van der Waals surface area contributed by atoms with Crippen molar-refractivity contribution in [3.63, 3.8) is 0 Å². The first-order chi connectivity index (χ1) is 15.7. The average Bonchev–Trinajstić information content (AvgIpc) is 3.34. The normalized spacial score (nSPS) is 11.8. The number of aromatic nitrogens is 2. The predicted octanol–water partition coefficient (Wildman–Crippen LogP) is 5.01. The highest BCUT2D eigenvalue weighted by molar-refractivity contribution is 5.98. The second-order valence-electron chi connectivity index (χ2n) is 7.42. The van der Waals surface area contributed by atoms with Crippen LogP contribution in [0.3, 0.4) is 0 Å². The molecule has 162 valence electrons. The molecule has 0 fully saturated rings. The van der Waals surface area contributed by atoms with Crippen LogP contribution in [0.4, 0.5) is 0 Å². The van der Waals surface area contributed by atoms with Gasteiger partial charge in [0, 0.05) is 19.0 Å². The Bertz CT molecular complexity index is 1150. The van der Waals surface area contributed by atoms with E-state index in [9.17, 15) is 10.2 Å². The molecule has 0 aliphatic rings. The number of benzene rings is 3. The fraction of sp³-hybridized carbons (Fsp3) is 0.148. The summed E-state index contributed by atoms with van der Waals surface area (Å²) in [5.74, 6) is 0.989. The lowest BCUT2D eigenvalue weighted by atomic mass is 9.88. The van der Waals surface area contributed by atoms with Crippen molar-refractivity contribution in [3.05, 3.63) is 114 Å². The first kappa shape index (κ1) is 21.4. The van der Waals surface area contributed by atoms with E-state index in [-0.39, 0.29) is 12.4 Å². The van der Waals surface area contributed by atoms with Crippen molar-refractivity contribution >= 4 is 11.1 Å². The molecule has 0 atom stereocenters. The Balaban J connectivity index is 1.68. The molecule has 2 N–H and O–H groups in total. The number of aromatic hydroxyl groups is 1. The van der Waals surface area contributed by atoms with Gasteiger partial charge in [0.15, 0.2) is 0 Å². The van der Waals surface area contributed by atoms with E-state index >= 15 is 0 Å². The average molecular weight is 427 g/mol. The number of rotatable bonds is 9. The lowest BCUT2D eigenvalue weighted by Crippen LogP contribution is -2.06. The van der Waals surface area contributed by atoms with Gasteiger partial charge >= 0.3 is 0 Å². The maximum absolute atomic E-state index is 10.1. The molecule has 0 radical (unpaired) electrons. The van der Waals surface area contributed by atoms with E-state index < -0.39 is 0 Å². The van der Waals surface area contributed by atoms with E-state index in [1.165, 1.54) is 0 Å². The molecule has 32 heavy (non-hydrogen) atoms. The zero-order valence-corrected chi connectivity index (χ0v) is 17.8. The number of phenolic OH excluding ortho intramolecular Hbond substituents is 1. The van der Waals surface area contributed by atoms with Gasteiger partial charge in [0.05, 0.1) is 12.9 Å². The zero-order chi connectivity index (χ0) is 22.2. The molecule has 3 aromatic carbocycles. The summed E-state index contributed by atoms with van der Waals surface area (Å²) >= 11 is 0. The number of nitrogens with zero attached hydrogens (tertiary/aromatic N) is 2. The molecular formula is C27H26N2O3. The Morgan fingerprint density at radius 3 is 2.34 bits per heavy atom. The minimum atomic E-state index is 0.0297. The first-order valence-electron chi connectivity index (χ1n) is 10.6. The topological polar surface area (TPSA) is 67.5 Å². The summed E-state index contributed by atoms with van der Waals surface area (Å²) in [6.07, 6.45) is 5.93. The van der Waals surface area contributed by atoms with Gasteiger partial charge in [0.25, 0.3) is 0 Å². The largest absolute Gasteiger partial charge is 0.508 e. The molecule has 4 aromatic rings. The summed E-state index contributed by atoms with van der Waals surface area (Å²) in [5, 5.41) is 19.9. The molecule has 5 nitrogen and oxygen atoms in total. The van der Waals surface area contributed by atoms with Gasteiger partial charge in [-0.15, -0.1) is 0 Å². The summed E-state index contributed by atoms with van der Waals surface area (Å²) in [5.41, 5.74) is 4.93. The van der Waals surface area contributed by atoms with Crippen LogP contribution in [0.1, 0.15) is 23.1 Å². The number of hydrogen-bond donors (Lipinski definition) is 2. The standard InChI is InChI=1S/C27H26N2O3/c30-17-13-26(21-5-2-1-3-6-21)27(23-7-4-8-24(31)19-23)22-9-11-25(12-10-22)32-18-16-29-15-14-28-20-29/h1-12,14-15,19-20,30-31H,13,16-18H2. The van der Waals surface area contributed by atoms with Gasteiger partial charge in [-0.3, -0.25) is 0 Å². The third kappa shape index (κ3) is 5.25. The molecule has 0 saturated carbocycles. The Kier molecular flexibility index (Phi) is 7.00. The molecule has 0 bridgehead atoms. The lowest BCUT2D eigenvalue weighted by molar-refractivity contribution is 0.298. The van der Waals surface area contributed by atoms with Crippen LogP contribution in [0.2, 0.25) is 0 Å². The predicted molar refractivity (Wildman–Crippen MR) is 126 cm³/mol. The third-order valence-electron chi connectivity index (χ3n) is 5.24. The summed E-state index contributed by atoms with van der Waals surface area (Å²) in [6, 6.07) is 25.2. The van der Waals surface area contributed by atoms with Crippen LogP contribution < -0.4 is 4.74 Å². The number of ether oxygens (including phenoxy) is 1. The number of aliphatic hydroxyl groups is 1. The van der Waals surface area contributed by atoms with Gasteiger partial charge in [-0.2, -0.15) is 0 Å². The number of aliphatic hydroxyl groups excluding tert-OH is 1. The molecule has 5 heteroatoms. The van der Waals surface area contributed by atoms with Crippen LogP contribution in [-0.4, -0.2) is 33.0 Å². The lowest BCUT2D eigenvalue weighted by Gasteiger charge is -2.17. The third-order valence-corrected chi connectivity index (χ3v) is 5.24. The maximum atomic E-state index is 10.1. The highest BCUT2D eigenvalue weighted by Gasteiger charge is 2.14. The molecule has 1 aromatic heterocycles. The van der Waals surface area contributed by atoms with Gasteiger partial charge in [0.2, 0.25) is 0 Å². The summed E-state index contributed by atoms with van der Waals surface area (Å²) in [6.45, 7) is 1.30. The molecule has 0 unspecified atom stereocenters. The summed E-state index contributed by atoms with van der Waals surface area (Å²) in [4.78, 5) is 4.04. The minimum Gasteiger partial charge on any atom is -0.508 e. The van der Waals surface area contributed by atoms with Crippen molar-refractivity contribution in [1.82, 2.24) is 9.55 Å². The van der Waals surface area contributed by atoms with E-state index in [0.29, 0.717) is 13.0 Å². The van der Waals surface area contributed by atoms with Gasteiger partial charge in [-0.25, -0.2) is 4.98 Å². The molecule has 0 aliphatic heterocycles. The van der Waals surface area contributed by atoms with Crippen molar-refractivity contribution in [1.29, 1.82) is 0 Å². The summed E-state index contributed by atoms with van der Waals surface area (Å²) in [7, 11) is 0. The maximum Gasteiger partial charge on any atom is 0.119 e. The van der Waals surface area contributed by atoms with Gasteiger partial charge in [0.1, 0.15) is 18.1 Å². The van der Waals surface area contributed by atoms with Crippen LogP contribution in [-0.2, 0) is 6.54 Å². The van der Waals surface area contributed by atoms with E-state index in [1.807, 2.05) is 77.5 Å².